The van der Waals surface area contributed by atoms with Crippen LogP contribution in [0.25, 0.3) is 88.0 Å². The maximum atomic E-state index is 11.1. The largest absolute Gasteiger partial charge is 0.504 e. The second-order valence-electron chi connectivity index (χ2n) is 12.4. The minimum absolute atomic E-state index is 0.188. The van der Waals surface area contributed by atoms with Gasteiger partial charge in [0.2, 0.25) is 17.2 Å². The summed E-state index contributed by atoms with van der Waals surface area (Å²) >= 11 is 0. The van der Waals surface area contributed by atoms with Gasteiger partial charge in [0, 0.05) is 16.3 Å². The molecule has 50 heavy (non-hydrogen) atoms. The van der Waals surface area contributed by atoms with Crippen LogP contribution in [0.2, 0.25) is 0 Å². The molecule has 9 rings (SSSR count). The molecule has 9 aromatic rings. The molecule has 0 radical (unpaired) electrons. The minimum atomic E-state index is -1.00. The summed E-state index contributed by atoms with van der Waals surface area (Å²) in [6, 6.07) is 46.3. The van der Waals surface area contributed by atoms with E-state index in [0.29, 0.717) is 16.3 Å². The molecule has 1 aromatic heterocycles. The Balaban J connectivity index is 1.31. The second-order valence-corrected chi connectivity index (χ2v) is 12.4. The highest BCUT2D eigenvalue weighted by atomic mass is 16.4. The van der Waals surface area contributed by atoms with Gasteiger partial charge in [-0.15, -0.1) is 0 Å². The lowest BCUT2D eigenvalue weighted by atomic mass is 9.84. The van der Waals surface area contributed by atoms with Crippen molar-refractivity contribution < 1.29 is 29.9 Å². The zero-order valence-electron chi connectivity index (χ0n) is 26.4. The molecule has 8 aromatic carbocycles. The molecule has 0 fully saturated rings. The van der Waals surface area contributed by atoms with Crippen LogP contribution in [0, 0.1) is 0 Å². The number of rotatable bonds is 4. The van der Waals surface area contributed by atoms with Crippen molar-refractivity contribution in [2.24, 2.45) is 0 Å². The SMILES string of the molecule is Oc1c(O)c(O)c(-c2c3ccccc3c(-c3cccc4oc5ccc(-c6ccc(-c7ccccc7)cc6)cc5c34)c3ccccc23)c(O)c1O. The van der Waals surface area contributed by atoms with Crippen molar-refractivity contribution in [3.05, 3.63) is 140 Å². The molecule has 0 aliphatic heterocycles. The van der Waals surface area contributed by atoms with Crippen LogP contribution in [-0.2, 0) is 0 Å². The van der Waals surface area contributed by atoms with Crippen LogP contribution in [-0.4, -0.2) is 25.5 Å². The van der Waals surface area contributed by atoms with Crippen molar-refractivity contribution in [3.8, 4) is 73.3 Å². The number of furan rings is 1. The predicted molar refractivity (Wildman–Crippen MR) is 199 cm³/mol. The quantitative estimate of drug-likeness (QED) is 0.0734. The van der Waals surface area contributed by atoms with Gasteiger partial charge in [-0.3, -0.25) is 0 Å². The Kier molecular flexibility index (Phi) is 6.48. The fraction of sp³-hybridized carbons (Fsp3) is 0. The highest BCUT2D eigenvalue weighted by Gasteiger charge is 2.28. The van der Waals surface area contributed by atoms with E-state index in [9.17, 15) is 25.5 Å². The van der Waals surface area contributed by atoms with E-state index in [2.05, 4.69) is 54.6 Å². The van der Waals surface area contributed by atoms with Gasteiger partial charge in [-0.1, -0.05) is 121 Å². The van der Waals surface area contributed by atoms with Gasteiger partial charge in [-0.05, 0) is 73.1 Å². The van der Waals surface area contributed by atoms with Crippen molar-refractivity contribution >= 4 is 43.5 Å². The molecule has 240 valence electrons. The number of hydrogen-bond acceptors (Lipinski definition) is 6. The van der Waals surface area contributed by atoms with Crippen LogP contribution in [0.1, 0.15) is 0 Å². The highest BCUT2D eigenvalue weighted by molar-refractivity contribution is 6.26. The lowest BCUT2D eigenvalue weighted by Gasteiger charge is -2.20. The van der Waals surface area contributed by atoms with Crippen LogP contribution >= 0.6 is 0 Å². The zero-order chi connectivity index (χ0) is 34.1. The Morgan fingerprint density at radius 1 is 0.320 bits per heavy atom. The van der Waals surface area contributed by atoms with Gasteiger partial charge in [0.15, 0.2) is 11.5 Å². The summed E-state index contributed by atoms with van der Waals surface area (Å²) < 4.78 is 6.42. The third-order valence-electron chi connectivity index (χ3n) is 9.64. The molecule has 0 bridgehead atoms. The van der Waals surface area contributed by atoms with Gasteiger partial charge in [-0.2, -0.15) is 0 Å². The average molecular weight is 653 g/mol. The maximum absolute atomic E-state index is 11.1. The third kappa shape index (κ3) is 4.29. The van der Waals surface area contributed by atoms with Gasteiger partial charge in [0.05, 0.1) is 5.56 Å². The van der Waals surface area contributed by atoms with E-state index in [1.165, 1.54) is 0 Å². The lowest BCUT2D eigenvalue weighted by molar-refractivity contribution is 0.330. The first kappa shape index (κ1) is 29.2. The van der Waals surface area contributed by atoms with Crippen molar-refractivity contribution in [2.45, 2.75) is 0 Å². The van der Waals surface area contributed by atoms with Crippen LogP contribution in [0.3, 0.4) is 0 Å². The summed E-state index contributed by atoms with van der Waals surface area (Å²) in [6.45, 7) is 0. The molecule has 0 aliphatic rings. The fourth-order valence-electron chi connectivity index (χ4n) is 7.31. The smallest absolute Gasteiger partial charge is 0.208 e. The van der Waals surface area contributed by atoms with Gasteiger partial charge < -0.3 is 29.9 Å². The first-order chi connectivity index (χ1) is 24.4. The van der Waals surface area contributed by atoms with Gasteiger partial charge in [0.1, 0.15) is 11.2 Å². The number of hydrogen-bond donors (Lipinski definition) is 5. The standard InChI is InChI=1S/C44H28O6/c45-40-39(41(46)43(48)44(49)42(40)47)38-30-13-6-4-11-28(30)36(29-12-5-7-14-31(29)38)32-15-8-16-35-37(32)33-23-27(21-22-34(33)50-35)26-19-17-25(18-20-26)24-9-2-1-3-10-24/h1-23,45-49H. The van der Waals surface area contributed by atoms with E-state index < -0.39 is 28.7 Å². The van der Waals surface area contributed by atoms with Crippen LogP contribution in [0.5, 0.6) is 28.7 Å². The molecule has 6 heteroatoms. The summed E-state index contributed by atoms with van der Waals surface area (Å²) in [7, 11) is 0. The molecule has 0 amide bonds. The highest BCUT2D eigenvalue weighted by Crippen LogP contribution is 2.58. The van der Waals surface area contributed by atoms with E-state index in [1.54, 1.807) is 0 Å². The average Bonchev–Trinajstić information content (AvgIpc) is 3.55. The fourth-order valence-corrected chi connectivity index (χ4v) is 7.31. The molecule has 1 heterocycles. The normalized spacial score (nSPS) is 11.6. The molecule has 0 spiro atoms. The van der Waals surface area contributed by atoms with Crippen molar-refractivity contribution in [3.63, 3.8) is 0 Å². The molecule has 0 saturated carbocycles. The number of phenols is 5. The van der Waals surface area contributed by atoms with E-state index in [-0.39, 0.29) is 5.56 Å². The van der Waals surface area contributed by atoms with E-state index in [0.717, 1.165) is 66.1 Å². The molecule has 0 aliphatic carbocycles. The summed E-state index contributed by atoms with van der Waals surface area (Å²) in [4.78, 5) is 0. The topological polar surface area (TPSA) is 114 Å². The monoisotopic (exact) mass is 652 g/mol. The number of benzene rings is 8. The van der Waals surface area contributed by atoms with Crippen LogP contribution in [0.4, 0.5) is 0 Å². The number of fused-ring (bicyclic) bond motifs is 5. The summed E-state index contributed by atoms with van der Waals surface area (Å²) in [6.07, 6.45) is 0. The van der Waals surface area contributed by atoms with Gasteiger partial charge in [-0.25, -0.2) is 0 Å². The summed E-state index contributed by atoms with van der Waals surface area (Å²) in [5, 5.41) is 58.1. The number of phenolic OH excluding ortho intramolecular Hbond substituents is 5. The molecule has 5 N–H and O–H groups in total. The van der Waals surface area contributed by atoms with Crippen molar-refractivity contribution in [1.82, 2.24) is 0 Å². The summed E-state index contributed by atoms with van der Waals surface area (Å²) in [5.74, 6) is -4.33. The Morgan fingerprint density at radius 3 is 1.40 bits per heavy atom. The maximum Gasteiger partial charge on any atom is 0.208 e. The lowest BCUT2D eigenvalue weighted by Crippen LogP contribution is -1.92. The molecule has 0 unspecified atom stereocenters. The molecular formula is C44H28O6. The minimum Gasteiger partial charge on any atom is -0.504 e. The summed E-state index contributed by atoms with van der Waals surface area (Å²) in [5.41, 5.74) is 7.98. The number of aromatic hydroxyl groups is 5. The van der Waals surface area contributed by atoms with E-state index in [1.807, 2.05) is 84.9 Å². The molecule has 0 atom stereocenters. The van der Waals surface area contributed by atoms with Crippen molar-refractivity contribution in [2.75, 3.05) is 0 Å². The second kappa shape index (κ2) is 11.1. The first-order valence-corrected chi connectivity index (χ1v) is 16.1. The van der Waals surface area contributed by atoms with Crippen LogP contribution < -0.4 is 0 Å². The van der Waals surface area contributed by atoms with Crippen molar-refractivity contribution in [1.29, 1.82) is 0 Å². The Morgan fingerprint density at radius 2 is 0.800 bits per heavy atom. The molecular weight excluding hydrogens is 624 g/mol. The van der Waals surface area contributed by atoms with E-state index >= 15 is 0 Å². The Labute approximate surface area is 285 Å². The van der Waals surface area contributed by atoms with Gasteiger partial charge in [0.25, 0.3) is 0 Å². The Bertz CT molecular complexity index is 2710. The zero-order valence-corrected chi connectivity index (χ0v) is 26.4. The first-order valence-electron chi connectivity index (χ1n) is 16.1. The molecule has 6 nitrogen and oxygen atoms in total. The van der Waals surface area contributed by atoms with Gasteiger partial charge >= 0.3 is 0 Å². The third-order valence-corrected chi connectivity index (χ3v) is 9.64. The van der Waals surface area contributed by atoms with E-state index in [4.69, 9.17) is 4.42 Å². The van der Waals surface area contributed by atoms with Crippen LogP contribution in [0.15, 0.2) is 144 Å². The Hall–Kier alpha value is -6.92. The predicted octanol–water partition coefficient (Wildman–Crippen LogP) is 11.1. The molecule has 0 saturated heterocycles.